The fraction of sp³-hybridized carbons (Fsp3) is 0.517. The van der Waals surface area contributed by atoms with Gasteiger partial charge in [0.2, 0.25) is 0 Å². The zero-order chi connectivity index (χ0) is 25.7. The van der Waals surface area contributed by atoms with Gasteiger partial charge in [-0.05, 0) is 75.9 Å². The average molecular weight is 464 g/mol. The van der Waals surface area contributed by atoms with Crippen molar-refractivity contribution in [1.82, 2.24) is 25.2 Å². The lowest BCUT2D eigenvalue weighted by Crippen LogP contribution is -2.57. The summed E-state index contributed by atoms with van der Waals surface area (Å²) in [6, 6.07) is 8.18. The standard InChI is InChI=1S/C17H18N4.C10H21N.C2H6/c1-11-5-6-13(7-14(11)10-21(3)4)15-8-16-17(9-18-15)20-12(2)19-16;1-8-6-9(2,3)11-10(4,5)7-8;1-2/h5-10H,1H2,2-4H3,(H,19,20);8,11H,6-7H2,1-5H3;1-2H3/b14-10-;;. The molecule has 0 atom stereocenters. The molecule has 2 aromatic heterocycles. The number of imidazole rings is 1. The van der Waals surface area contributed by atoms with Crippen molar-refractivity contribution in [2.75, 3.05) is 14.1 Å². The van der Waals surface area contributed by atoms with Gasteiger partial charge in [-0.3, -0.25) is 4.98 Å². The number of aromatic nitrogens is 3. The van der Waals surface area contributed by atoms with Gasteiger partial charge in [-0.2, -0.15) is 0 Å². The molecule has 0 amide bonds. The fourth-order valence-corrected chi connectivity index (χ4v) is 5.18. The van der Waals surface area contributed by atoms with Crippen molar-refractivity contribution in [1.29, 1.82) is 0 Å². The third-order valence-electron chi connectivity index (χ3n) is 5.72. The summed E-state index contributed by atoms with van der Waals surface area (Å²) in [5.74, 6) is 1.76. The minimum Gasteiger partial charge on any atom is -0.383 e. The molecule has 0 aliphatic carbocycles. The molecule has 0 spiro atoms. The van der Waals surface area contributed by atoms with Gasteiger partial charge in [0.25, 0.3) is 0 Å². The number of aromatic amines is 1. The Morgan fingerprint density at radius 3 is 2.24 bits per heavy atom. The first-order chi connectivity index (χ1) is 15.8. The highest BCUT2D eigenvalue weighted by Gasteiger charge is 2.35. The minimum atomic E-state index is 0.334. The van der Waals surface area contributed by atoms with Crippen molar-refractivity contribution in [3.63, 3.8) is 0 Å². The molecule has 2 N–H and O–H groups in total. The normalized spacial score (nSPS) is 17.4. The van der Waals surface area contributed by atoms with Crippen LogP contribution in [0.3, 0.4) is 0 Å². The highest BCUT2D eigenvalue weighted by atomic mass is 15.0. The smallest absolute Gasteiger partial charge is 0.104 e. The second kappa shape index (κ2) is 11.2. The molecule has 1 aliphatic rings. The van der Waals surface area contributed by atoms with Crippen molar-refractivity contribution < 1.29 is 0 Å². The average Bonchev–Trinajstić information content (AvgIpc) is 3.07. The van der Waals surface area contributed by atoms with Gasteiger partial charge in [0.1, 0.15) is 5.82 Å². The van der Waals surface area contributed by atoms with E-state index >= 15 is 0 Å². The van der Waals surface area contributed by atoms with E-state index < -0.39 is 0 Å². The fourth-order valence-electron chi connectivity index (χ4n) is 5.18. The number of hydrogen-bond donors (Lipinski definition) is 2. The number of aryl methyl sites for hydroxylation is 1. The number of fused-ring (bicyclic) bond motifs is 1. The Bertz CT molecular complexity index is 1170. The Morgan fingerprint density at radius 1 is 1.06 bits per heavy atom. The van der Waals surface area contributed by atoms with Crippen LogP contribution in [-0.2, 0) is 0 Å². The van der Waals surface area contributed by atoms with Crippen LogP contribution in [0.4, 0.5) is 0 Å². The molecule has 0 unspecified atom stereocenters. The number of hydrogen-bond acceptors (Lipinski definition) is 4. The van der Waals surface area contributed by atoms with Crippen molar-refractivity contribution in [2.24, 2.45) is 5.92 Å². The van der Waals surface area contributed by atoms with Gasteiger partial charge in [0.05, 0.1) is 22.9 Å². The van der Waals surface area contributed by atoms with Gasteiger partial charge in [-0.1, -0.05) is 39.5 Å². The molecule has 34 heavy (non-hydrogen) atoms. The molecule has 0 radical (unpaired) electrons. The summed E-state index contributed by atoms with van der Waals surface area (Å²) in [5, 5.41) is 5.76. The van der Waals surface area contributed by atoms with Crippen LogP contribution in [0, 0.1) is 12.8 Å². The largest absolute Gasteiger partial charge is 0.383 e. The molecule has 1 aromatic carbocycles. The molecule has 1 aliphatic heterocycles. The number of rotatable bonds is 2. The number of benzene rings is 1. The van der Waals surface area contributed by atoms with Crippen LogP contribution < -0.4 is 15.8 Å². The van der Waals surface area contributed by atoms with Crippen LogP contribution in [0.2, 0.25) is 0 Å². The van der Waals surface area contributed by atoms with E-state index in [2.05, 4.69) is 73.7 Å². The highest BCUT2D eigenvalue weighted by Crippen LogP contribution is 2.32. The van der Waals surface area contributed by atoms with Crippen molar-refractivity contribution >= 4 is 23.8 Å². The molecular formula is C29H45N5. The predicted molar refractivity (Wildman–Crippen MR) is 148 cm³/mol. The van der Waals surface area contributed by atoms with E-state index in [1.54, 1.807) is 0 Å². The summed E-state index contributed by atoms with van der Waals surface area (Å²) in [6.07, 6.45) is 6.49. The maximum absolute atomic E-state index is 4.52. The number of nitrogens with zero attached hydrogens (tertiary/aromatic N) is 3. The van der Waals surface area contributed by atoms with E-state index in [0.29, 0.717) is 11.1 Å². The summed E-state index contributed by atoms with van der Waals surface area (Å²) in [4.78, 5) is 14.2. The van der Waals surface area contributed by atoms with Crippen molar-refractivity contribution in [2.45, 2.75) is 79.3 Å². The Morgan fingerprint density at radius 2 is 1.68 bits per heavy atom. The van der Waals surface area contributed by atoms with Crippen molar-refractivity contribution in [3.8, 4) is 11.3 Å². The molecular weight excluding hydrogens is 418 g/mol. The number of piperidine rings is 1. The Labute approximate surface area is 206 Å². The topological polar surface area (TPSA) is 56.8 Å². The first-order valence-corrected chi connectivity index (χ1v) is 12.4. The van der Waals surface area contributed by atoms with E-state index in [1.807, 2.05) is 64.2 Å². The zero-order valence-corrected chi connectivity index (χ0v) is 23.0. The molecule has 5 heteroatoms. The third kappa shape index (κ3) is 7.69. The van der Waals surface area contributed by atoms with Gasteiger partial charge >= 0.3 is 0 Å². The van der Waals surface area contributed by atoms with E-state index in [9.17, 15) is 0 Å². The van der Waals surface area contributed by atoms with E-state index in [1.165, 1.54) is 12.8 Å². The van der Waals surface area contributed by atoms with Crippen molar-refractivity contribution in [3.05, 3.63) is 46.7 Å². The summed E-state index contributed by atoms with van der Waals surface area (Å²) < 4.78 is 0. The van der Waals surface area contributed by atoms with Crippen LogP contribution in [0.1, 0.15) is 67.1 Å². The van der Waals surface area contributed by atoms with Gasteiger partial charge in [0, 0.05) is 36.9 Å². The summed E-state index contributed by atoms with van der Waals surface area (Å²) in [6.45, 7) is 21.5. The van der Waals surface area contributed by atoms with E-state index in [4.69, 9.17) is 0 Å². The summed E-state index contributed by atoms with van der Waals surface area (Å²) in [7, 11) is 4.01. The summed E-state index contributed by atoms with van der Waals surface area (Å²) in [5.41, 5.74) is 4.56. The molecule has 1 fully saturated rings. The maximum Gasteiger partial charge on any atom is 0.104 e. The highest BCUT2D eigenvalue weighted by molar-refractivity contribution is 5.79. The van der Waals surface area contributed by atoms with Crippen LogP contribution in [0.15, 0.2) is 30.5 Å². The first-order valence-electron chi connectivity index (χ1n) is 12.4. The number of pyridine rings is 1. The van der Waals surface area contributed by atoms with Gasteiger partial charge in [0.15, 0.2) is 0 Å². The lowest BCUT2D eigenvalue weighted by Gasteiger charge is -2.45. The third-order valence-corrected chi connectivity index (χ3v) is 5.72. The molecule has 3 aromatic rings. The molecule has 3 heterocycles. The Kier molecular flexibility index (Phi) is 9.07. The van der Waals surface area contributed by atoms with Gasteiger partial charge in [-0.25, -0.2) is 4.98 Å². The molecule has 0 bridgehead atoms. The van der Waals surface area contributed by atoms with E-state index in [0.717, 1.165) is 44.5 Å². The number of nitrogens with one attached hydrogen (secondary N) is 2. The molecule has 4 rings (SSSR count). The van der Waals surface area contributed by atoms with Crippen LogP contribution in [0.25, 0.3) is 35.1 Å². The van der Waals surface area contributed by atoms with E-state index in [-0.39, 0.29) is 0 Å². The monoisotopic (exact) mass is 463 g/mol. The second-order valence-corrected chi connectivity index (χ2v) is 10.8. The molecule has 5 nitrogen and oxygen atoms in total. The number of H-pyrrole nitrogens is 1. The maximum atomic E-state index is 4.52. The second-order valence-electron chi connectivity index (χ2n) is 10.8. The Balaban J connectivity index is 0.000000266. The van der Waals surface area contributed by atoms with Gasteiger partial charge < -0.3 is 15.2 Å². The summed E-state index contributed by atoms with van der Waals surface area (Å²) >= 11 is 0. The van der Waals surface area contributed by atoms with Crippen LogP contribution in [-0.4, -0.2) is 45.0 Å². The SMILES string of the molecule is C=c1ccc(-c2cc3nc(C)[nH]c3cn2)c/c1=C/N(C)C.CC.CC1CC(C)(C)NC(C)(C)C1. The lowest BCUT2D eigenvalue weighted by atomic mass is 9.77. The van der Waals surface area contributed by atoms with Crippen LogP contribution >= 0.6 is 0 Å². The molecule has 0 saturated carbocycles. The zero-order valence-electron chi connectivity index (χ0n) is 23.0. The minimum absolute atomic E-state index is 0.334. The van der Waals surface area contributed by atoms with Crippen LogP contribution in [0.5, 0.6) is 0 Å². The molecule has 186 valence electrons. The Hall–Kier alpha value is -2.66. The molecule has 1 saturated heterocycles. The van der Waals surface area contributed by atoms with Gasteiger partial charge in [-0.15, -0.1) is 0 Å². The quantitative estimate of drug-likeness (QED) is 0.546. The lowest BCUT2D eigenvalue weighted by molar-refractivity contribution is 0.138. The first kappa shape index (κ1) is 27.6. The predicted octanol–water partition coefficient (Wildman–Crippen LogP) is 5.23.